The van der Waals surface area contributed by atoms with Crippen molar-refractivity contribution in [1.29, 1.82) is 0 Å². The maximum atomic E-state index is 12.9. The van der Waals surface area contributed by atoms with Gasteiger partial charge >= 0.3 is 0 Å². The van der Waals surface area contributed by atoms with Crippen molar-refractivity contribution in [1.82, 2.24) is 15.3 Å². The minimum absolute atomic E-state index is 0.242. The van der Waals surface area contributed by atoms with Crippen molar-refractivity contribution < 1.29 is 14.3 Å². The number of rotatable bonds is 8. The van der Waals surface area contributed by atoms with Crippen molar-refractivity contribution in [2.75, 3.05) is 11.9 Å². The maximum Gasteiger partial charge on any atom is 0.267 e. The second-order valence-corrected chi connectivity index (χ2v) is 8.43. The van der Waals surface area contributed by atoms with E-state index in [1.165, 1.54) is 11.3 Å². The summed E-state index contributed by atoms with van der Waals surface area (Å²) in [5.41, 5.74) is 3.32. The molecule has 0 aliphatic heterocycles. The summed E-state index contributed by atoms with van der Waals surface area (Å²) in [4.78, 5) is 34.8. The third kappa shape index (κ3) is 5.65. The Labute approximate surface area is 201 Å². The predicted octanol–water partition coefficient (Wildman–Crippen LogP) is 5.09. The topological polar surface area (TPSA) is 93.2 Å². The first kappa shape index (κ1) is 23.1. The number of aryl methyl sites for hydroxylation is 1. The molecule has 0 bridgehead atoms. The quantitative estimate of drug-likeness (QED) is 0.372. The van der Waals surface area contributed by atoms with Crippen LogP contribution >= 0.6 is 11.3 Å². The van der Waals surface area contributed by atoms with Crippen molar-refractivity contribution >= 4 is 28.8 Å². The molecule has 4 rings (SSSR count). The van der Waals surface area contributed by atoms with E-state index in [2.05, 4.69) is 20.6 Å². The number of pyridine rings is 1. The van der Waals surface area contributed by atoms with E-state index in [1.807, 2.05) is 56.3 Å². The molecule has 0 saturated heterocycles. The molecule has 172 valence electrons. The average Bonchev–Trinajstić information content (AvgIpc) is 3.25. The first-order valence-electron chi connectivity index (χ1n) is 10.8. The van der Waals surface area contributed by atoms with Crippen LogP contribution in [-0.4, -0.2) is 28.4 Å². The molecule has 8 heteroatoms. The summed E-state index contributed by atoms with van der Waals surface area (Å²) in [7, 11) is 0. The normalized spacial score (nSPS) is 10.5. The standard InChI is InChI=1S/C26H24N4O3S/c1-3-33-22-12-10-18(11-13-22)26-29-17(2)23(34-26)25(32)30-20-9-6-7-19(15-20)24(31)28-16-21-8-4-5-14-27-21/h4-15H,3,16H2,1-2H3,(H,28,31)(H,30,32). The molecule has 2 aromatic heterocycles. The van der Waals surface area contributed by atoms with E-state index >= 15 is 0 Å². The number of thiazole rings is 1. The van der Waals surface area contributed by atoms with Crippen molar-refractivity contribution in [3.63, 3.8) is 0 Å². The van der Waals surface area contributed by atoms with Crippen LogP contribution in [0, 0.1) is 6.92 Å². The summed E-state index contributed by atoms with van der Waals surface area (Å²) < 4.78 is 5.48. The van der Waals surface area contributed by atoms with Gasteiger partial charge in [-0.2, -0.15) is 0 Å². The third-order valence-corrected chi connectivity index (χ3v) is 6.16. The molecule has 0 atom stereocenters. The number of benzene rings is 2. The summed E-state index contributed by atoms with van der Waals surface area (Å²) in [6.07, 6.45) is 1.68. The SMILES string of the molecule is CCOc1ccc(-c2nc(C)c(C(=O)Nc3cccc(C(=O)NCc4ccccn4)c3)s2)cc1. The third-order valence-electron chi connectivity index (χ3n) is 4.95. The lowest BCUT2D eigenvalue weighted by atomic mass is 10.2. The van der Waals surface area contributed by atoms with Crippen molar-refractivity contribution in [3.8, 4) is 16.3 Å². The molecule has 0 aliphatic carbocycles. The van der Waals surface area contributed by atoms with Crippen LogP contribution in [0.2, 0.25) is 0 Å². The highest BCUT2D eigenvalue weighted by atomic mass is 32.1. The summed E-state index contributed by atoms with van der Waals surface area (Å²) in [6.45, 7) is 4.68. The fourth-order valence-corrected chi connectivity index (χ4v) is 4.26. The van der Waals surface area contributed by atoms with E-state index in [1.54, 1.807) is 30.5 Å². The number of carbonyl (C=O) groups is 2. The lowest BCUT2D eigenvalue weighted by molar-refractivity contribution is 0.0949. The lowest BCUT2D eigenvalue weighted by Crippen LogP contribution is -2.23. The second-order valence-electron chi connectivity index (χ2n) is 7.43. The van der Waals surface area contributed by atoms with Gasteiger partial charge in [0.05, 0.1) is 24.5 Å². The highest BCUT2D eigenvalue weighted by Gasteiger charge is 2.17. The molecule has 2 amide bonds. The number of nitrogens with one attached hydrogen (secondary N) is 2. The molecular formula is C26H24N4O3S. The monoisotopic (exact) mass is 472 g/mol. The first-order valence-corrected chi connectivity index (χ1v) is 11.7. The van der Waals surface area contributed by atoms with Gasteiger partial charge in [0.2, 0.25) is 0 Å². The first-order chi connectivity index (χ1) is 16.5. The molecule has 2 aromatic carbocycles. The molecule has 0 unspecified atom stereocenters. The Hall–Kier alpha value is -4.04. The molecule has 2 heterocycles. The lowest BCUT2D eigenvalue weighted by Gasteiger charge is -2.08. The van der Waals surface area contributed by atoms with Crippen LogP contribution in [0.25, 0.3) is 10.6 Å². The Balaban J connectivity index is 1.43. The van der Waals surface area contributed by atoms with Gasteiger partial charge in [0.1, 0.15) is 15.6 Å². The van der Waals surface area contributed by atoms with E-state index in [-0.39, 0.29) is 11.8 Å². The molecule has 0 spiro atoms. The van der Waals surface area contributed by atoms with Gasteiger partial charge in [-0.3, -0.25) is 14.6 Å². The van der Waals surface area contributed by atoms with Crippen LogP contribution in [0.4, 0.5) is 5.69 Å². The molecule has 7 nitrogen and oxygen atoms in total. The molecule has 0 radical (unpaired) electrons. The van der Waals surface area contributed by atoms with Gasteiger partial charge in [-0.25, -0.2) is 4.98 Å². The summed E-state index contributed by atoms with van der Waals surface area (Å²) in [5.74, 6) is 0.285. The highest BCUT2D eigenvalue weighted by Crippen LogP contribution is 2.30. The molecule has 0 aliphatic rings. The van der Waals surface area contributed by atoms with E-state index in [9.17, 15) is 9.59 Å². The summed E-state index contributed by atoms with van der Waals surface area (Å²) >= 11 is 1.33. The second kappa shape index (κ2) is 10.7. The van der Waals surface area contributed by atoms with Crippen LogP contribution in [-0.2, 0) is 6.54 Å². The minimum Gasteiger partial charge on any atom is -0.494 e. The van der Waals surface area contributed by atoms with Gasteiger partial charge in [0, 0.05) is 23.0 Å². The van der Waals surface area contributed by atoms with Crippen molar-refractivity contribution in [2.24, 2.45) is 0 Å². The number of ether oxygens (including phenoxy) is 1. The van der Waals surface area contributed by atoms with E-state index in [0.29, 0.717) is 35.0 Å². The Bertz CT molecular complexity index is 1290. The maximum absolute atomic E-state index is 12.9. The van der Waals surface area contributed by atoms with Gasteiger partial charge in [0.25, 0.3) is 11.8 Å². The Morgan fingerprint density at radius 1 is 1.00 bits per heavy atom. The number of aromatic nitrogens is 2. The zero-order valence-corrected chi connectivity index (χ0v) is 19.7. The van der Waals surface area contributed by atoms with Crippen LogP contribution in [0.1, 0.15) is 38.3 Å². The molecule has 0 saturated carbocycles. The summed E-state index contributed by atoms with van der Waals surface area (Å²) in [5, 5.41) is 6.47. The molecule has 4 aromatic rings. The van der Waals surface area contributed by atoms with Gasteiger partial charge in [-0.05, 0) is 68.4 Å². The van der Waals surface area contributed by atoms with Gasteiger partial charge in [0.15, 0.2) is 0 Å². The van der Waals surface area contributed by atoms with Crippen LogP contribution in [0.3, 0.4) is 0 Å². The van der Waals surface area contributed by atoms with Crippen LogP contribution in [0.5, 0.6) is 5.75 Å². The van der Waals surface area contributed by atoms with Gasteiger partial charge in [-0.1, -0.05) is 12.1 Å². The van der Waals surface area contributed by atoms with Crippen molar-refractivity contribution in [2.45, 2.75) is 20.4 Å². The number of anilines is 1. The zero-order chi connectivity index (χ0) is 23.9. The smallest absolute Gasteiger partial charge is 0.267 e. The van der Waals surface area contributed by atoms with Gasteiger partial charge in [-0.15, -0.1) is 11.3 Å². The Morgan fingerprint density at radius 3 is 2.56 bits per heavy atom. The zero-order valence-electron chi connectivity index (χ0n) is 18.9. The molecule has 34 heavy (non-hydrogen) atoms. The number of carbonyl (C=O) groups excluding carboxylic acids is 2. The average molecular weight is 473 g/mol. The Kier molecular flexibility index (Phi) is 7.29. The number of nitrogens with zero attached hydrogens (tertiary/aromatic N) is 2. The highest BCUT2D eigenvalue weighted by molar-refractivity contribution is 7.17. The van der Waals surface area contributed by atoms with Crippen LogP contribution in [0.15, 0.2) is 72.9 Å². The fraction of sp³-hybridized carbons (Fsp3) is 0.154. The largest absolute Gasteiger partial charge is 0.494 e. The predicted molar refractivity (Wildman–Crippen MR) is 133 cm³/mol. The fourth-order valence-electron chi connectivity index (χ4n) is 3.29. The molecule has 2 N–H and O–H groups in total. The van der Waals surface area contributed by atoms with Crippen molar-refractivity contribution in [3.05, 3.63) is 94.8 Å². The molecular weight excluding hydrogens is 448 g/mol. The number of amides is 2. The minimum atomic E-state index is -0.266. The van der Waals surface area contributed by atoms with Crippen LogP contribution < -0.4 is 15.4 Å². The number of hydrogen-bond acceptors (Lipinski definition) is 6. The summed E-state index contributed by atoms with van der Waals surface area (Å²) in [6, 6.07) is 20.0. The molecule has 0 fully saturated rings. The van der Waals surface area contributed by atoms with E-state index < -0.39 is 0 Å². The Morgan fingerprint density at radius 2 is 1.82 bits per heavy atom. The van der Waals surface area contributed by atoms with Gasteiger partial charge < -0.3 is 15.4 Å². The van der Waals surface area contributed by atoms with E-state index in [4.69, 9.17) is 4.74 Å². The van der Waals surface area contributed by atoms with E-state index in [0.717, 1.165) is 22.0 Å². The number of hydrogen-bond donors (Lipinski definition) is 2.